The van der Waals surface area contributed by atoms with Crippen molar-refractivity contribution in [2.24, 2.45) is 0 Å². The van der Waals surface area contributed by atoms with Crippen molar-refractivity contribution in [2.75, 3.05) is 0 Å². The number of aromatic nitrogens is 4. The van der Waals surface area contributed by atoms with Crippen LogP contribution in [0.25, 0.3) is 11.0 Å². The summed E-state index contributed by atoms with van der Waals surface area (Å²) >= 11 is 0. The van der Waals surface area contributed by atoms with Crippen LogP contribution in [0, 0.1) is 11.6 Å². The number of amides is 1. The van der Waals surface area contributed by atoms with E-state index in [9.17, 15) is 18.4 Å². The van der Waals surface area contributed by atoms with Gasteiger partial charge < -0.3 is 9.88 Å². The normalized spacial score (nSPS) is 19.6. The van der Waals surface area contributed by atoms with Crippen molar-refractivity contribution >= 4 is 16.9 Å². The minimum Gasteiger partial charge on any atom is -0.353 e. The Morgan fingerprint density at radius 1 is 1.33 bits per heavy atom. The lowest BCUT2D eigenvalue weighted by molar-refractivity contribution is -0.121. The number of hydrogen-bond acceptors (Lipinski definition) is 5. The number of rotatable bonds is 5. The van der Waals surface area contributed by atoms with Crippen molar-refractivity contribution in [1.82, 2.24) is 25.0 Å². The highest BCUT2D eigenvalue weighted by atomic mass is 19.2. The number of aromatic amines is 1. The molecule has 8 nitrogen and oxygen atoms in total. The topological polar surface area (TPSA) is 106 Å². The second kappa shape index (κ2) is 6.93. The van der Waals surface area contributed by atoms with Gasteiger partial charge >= 0.3 is 5.76 Å². The molecule has 1 fully saturated rings. The van der Waals surface area contributed by atoms with Crippen LogP contribution in [0.15, 0.2) is 27.8 Å². The Hall–Kier alpha value is -3.04. The van der Waals surface area contributed by atoms with Gasteiger partial charge in [-0.25, -0.2) is 18.6 Å². The van der Waals surface area contributed by atoms with Crippen LogP contribution in [0.5, 0.6) is 0 Å². The van der Waals surface area contributed by atoms with Crippen LogP contribution in [0.1, 0.15) is 37.4 Å². The fourth-order valence-corrected chi connectivity index (χ4v) is 3.53. The number of nitrogens with zero attached hydrogens (tertiary/aromatic N) is 3. The van der Waals surface area contributed by atoms with Crippen LogP contribution < -0.4 is 11.1 Å². The average Bonchev–Trinajstić information content (AvgIpc) is 3.34. The van der Waals surface area contributed by atoms with Crippen LogP contribution in [0.3, 0.4) is 0 Å². The third-order valence-corrected chi connectivity index (χ3v) is 4.88. The monoisotopic (exact) mass is 377 g/mol. The molecule has 1 aliphatic carbocycles. The Kier molecular flexibility index (Phi) is 4.46. The first kappa shape index (κ1) is 17.4. The number of benzene rings is 1. The van der Waals surface area contributed by atoms with E-state index in [1.165, 1.54) is 6.33 Å². The quantitative estimate of drug-likeness (QED) is 0.706. The zero-order valence-electron chi connectivity index (χ0n) is 14.2. The molecular weight excluding hydrogens is 360 g/mol. The Morgan fingerprint density at radius 2 is 2.15 bits per heavy atom. The zero-order valence-corrected chi connectivity index (χ0v) is 14.2. The van der Waals surface area contributed by atoms with Crippen LogP contribution in [-0.2, 0) is 11.3 Å². The molecule has 1 saturated carbocycles. The number of halogens is 2. The second-order valence-corrected chi connectivity index (χ2v) is 6.70. The number of aryl methyl sites for hydroxylation is 1. The lowest BCUT2D eigenvalue weighted by Gasteiger charge is -2.13. The zero-order chi connectivity index (χ0) is 19.0. The highest BCUT2D eigenvalue weighted by Gasteiger charge is 2.29. The second-order valence-electron chi connectivity index (χ2n) is 6.70. The van der Waals surface area contributed by atoms with Crippen LogP contribution in [0.4, 0.5) is 8.78 Å². The Morgan fingerprint density at radius 3 is 2.93 bits per heavy atom. The summed E-state index contributed by atoms with van der Waals surface area (Å²) in [5.74, 6) is -2.06. The van der Waals surface area contributed by atoms with Crippen molar-refractivity contribution in [3.63, 3.8) is 0 Å². The molecular formula is C17H17F2N5O3. The molecule has 2 heterocycles. The molecule has 0 saturated heterocycles. The average molecular weight is 377 g/mol. The molecule has 0 aliphatic heterocycles. The minimum absolute atomic E-state index is 0.00577. The van der Waals surface area contributed by atoms with Gasteiger partial charge in [0.05, 0.1) is 17.4 Å². The van der Waals surface area contributed by atoms with Crippen LogP contribution in [0.2, 0.25) is 0 Å². The Bertz CT molecular complexity index is 1040. The van der Waals surface area contributed by atoms with Crippen molar-refractivity contribution in [3.05, 3.63) is 46.5 Å². The molecule has 4 rings (SSSR count). The number of imidazole rings is 1. The SMILES string of the molecule is O=C(CCn1cnc2cc(F)c(F)cc21)NC1CCC(c2noc(=O)[nH]2)C1. The first-order chi connectivity index (χ1) is 13.0. The Labute approximate surface area is 151 Å². The maximum absolute atomic E-state index is 13.4. The van der Waals surface area contributed by atoms with E-state index in [-0.39, 0.29) is 24.3 Å². The predicted octanol–water partition coefficient (Wildman–Crippen LogP) is 1.83. The van der Waals surface area contributed by atoms with E-state index in [2.05, 4.69) is 25.0 Å². The number of fused-ring (bicyclic) bond motifs is 1. The maximum Gasteiger partial charge on any atom is 0.438 e. The van der Waals surface area contributed by atoms with E-state index in [4.69, 9.17) is 0 Å². The molecule has 1 aliphatic rings. The molecule has 0 radical (unpaired) electrons. The smallest absolute Gasteiger partial charge is 0.353 e. The van der Waals surface area contributed by atoms with Gasteiger partial charge in [-0.3, -0.25) is 14.3 Å². The summed E-state index contributed by atoms with van der Waals surface area (Å²) in [5.41, 5.74) is 0.784. The van der Waals surface area contributed by atoms with Gasteiger partial charge in [-0.15, -0.1) is 0 Å². The van der Waals surface area contributed by atoms with E-state index in [1.54, 1.807) is 4.57 Å². The third kappa shape index (κ3) is 3.60. The van der Waals surface area contributed by atoms with Crippen molar-refractivity contribution in [1.29, 1.82) is 0 Å². The molecule has 2 N–H and O–H groups in total. The summed E-state index contributed by atoms with van der Waals surface area (Å²) in [6.45, 7) is 0.306. The molecule has 2 unspecified atom stereocenters. The number of hydrogen-bond donors (Lipinski definition) is 2. The molecule has 1 amide bonds. The number of carbonyl (C=O) groups excluding carboxylic acids is 1. The van der Waals surface area contributed by atoms with Crippen LogP contribution in [-0.4, -0.2) is 31.6 Å². The largest absolute Gasteiger partial charge is 0.438 e. The van der Waals surface area contributed by atoms with Gasteiger partial charge in [0.2, 0.25) is 5.91 Å². The molecule has 27 heavy (non-hydrogen) atoms. The number of H-pyrrole nitrogens is 1. The molecule has 2 atom stereocenters. The van der Waals surface area contributed by atoms with Gasteiger partial charge in [-0.05, 0) is 19.3 Å². The highest BCUT2D eigenvalue weighted by Crippen LogP contribution is 2.32. The van der Waals surface area contributed by atoms with Gasteiger partial charge in [0, 0.05) is 37.1 Å². The van der Waals surface area contributed by atoms with E-state index >= 15 is 0 Å². The fourth-order valence-electron chi connectivity index (χ4n) is 3.53. The van der Waals surface area contributed by atoms with Gasteiger partial charge in [0.25, 0.3) is 0 Å². The summed E-state index contributed by atoms with van der Waals surface area (Å²) in [6, 6.07) is 2.11. The summed E-state index contributed by atoms with van der Waals surface area (Å²) in [7, 11) is 0. The minimum atomic E-state index is -0.949. The molecule has 1 aromatic carbocycles. The fraction of sp³-hybridized carbons (Fsp3) is 0.412. The molecule has 0 spiro atoms. The highest BCUT2D eigenvalue weighted by molar-refractivity contribution is 5.77. The predicted molar refractivity (Wildman–Crippen MR) is 89.9 cm³/mol. The molecule has 2 aromatic heterocycles. The Balaban J connectivity index is 1.33. The number of nitrogens with one attached hydrogen (secondary N) is 2. The third-order valence-electron chi connectivity index (χ3n) is 4.88. The van der Waals surface area contributed by atoms with E-state index in [1.807, 2.05) is 0 Å². The molecule has 10 heteroatoms. The molecule has 3 aromatic rings. The van der Waals surface area contributed by atoms with E-state index < -0.39 is 17.4 Å². The van der Waals surface area contributed by atoms with Crippen molar-refractivity contribution in [3.8, 4) is 0 Å². The summed E-state index contributed by atoms with van der Waals surface area (Å²) in [5, 5.41) is 6.66. The number of carbonyl (C=O) groups is 1. The summed E-state index contributed by atoms with van der Waals surface area (Å²) < 4.78 is 32.8. The first-order valence-corrected chi connectivity index (χ1v) is 8.64. The summed E-state index contributed by atoms with van der Waals surface area (Å²) in [6.07, 6.45) is 3.90. The lowest BCUT2D eigenvalue weighted by Crippen LogP contribution is -2.33. The summed E-state index contributed by atoms with van der Waals surface area (Å²) in [4.78, 5) is 29.8. The van der Waals surface area contributed by atoms with E-state index in [0.29, 0.717) is 29.8 Å². The lowest BCUT2D eigenvalue weighted by atomic mass is 10.1. The van der Waals surface area contributed by atoms with Gasteiger partial charge in [0.15, 0.2) is 17.5 Å². The molecule has 142 valence electrons. The molecule has 0 bridgehead atoms. The first-order valence-electron chi connectivity index (χ1n) is 8.64. The van der Waals surface area contributed by atoms with Gasteiger partial charge in [0.1, 0.15) is 0 Å². The van der Waals surface area contributed by atoms with Crippen molar-refractivity contribution < 1.29 is 18.1 Å². The van der Waals surface area contributed by atoms with Crippen molar-refractivity contribution in [2.45, 2.75) is 44.2 Å². The van der Waals surface area contributed by atoms with Gasteiger partial charge in [-0.1, -0.05) is 5.16 Å². The maximum atomic E-state index is 13.4. The van der Waals surface area contributed by atoms with Gasteiger partial charge in [-0.2, -0.15) is 0 Å². The van der Waals surface area contributed by atoms with E-state index in [0.717, 1.165) is 25.0 Å². The van der Waals surface area contributed by atoms with Crippen LogP contribution >= 0.6 is 0 Å². The standard InChI is InChI=1S/C17H17F2N5O3/c18-11-6-13-14(7-12(11)19)24(8-20-13)4-3-15(25)21-10-2-1-9(5-10)16-22-17(26)27-23-16/h6-10H,1-5H2,(H,21,25)(H,22,23,26).